The first kappa shape index (κ1) is 17.4. The number of fused-ring (bicyclic) bond motifs is 1. The lowest BCUT2D eigenvalue weighted by Gasteiger charge is -2.18. The van der Waals surface area contributed by atoms with E-state index in [4.69, 9.17) is 5.11 Å². The molecule has 0 spiro atoms. The van der Waals surface area contributed by atoms with Crippen molar-refractivity contribution in [1.82, 2.24) is 10.2 Å². The molecule has 126 valence electrons. The second-order valence-electron chi connectivity index (χ2n) is 6.00. The van der Waals surface area contributed by atoms with E-state index in [-0.39, 0.29) is 55.2 Å². The Morgan fingerprint density at radius 3 is 2.13 bits per heavy atom. The van der Waals surface area contributed by atoms with Crippen LogP contribution in [0.15, 0.2) is 24.3 Å². The van der Waals surface area contributed by atoms with Crippen LogP contribution in [0.4, 0.5) is 0 Å². The van der Waals surface area contributed by atoms with Gasteiger partial charge in [0.05, 0.1) is 18.4 Å². The van der Waals surface area contributed by atoms with Crippen LogP contribution in [0.25, 0.3) is 0 Å². The van der Waals surface area contributed by atoms with E-state index < -0.39 is 5.91 Å². The summed E-state index contributed by atoms with van der Waals surface area (Å²) in [5.74, 6) is -1.60. The number of carbonyl (C=O) groups is 3. The van der Waals surface area contributed by atoms with E-state index in [1.807, 2.05) is 38.2 Å². The third kappa shape index (κ3) is 3.37. The van der Waals surface area contributed by atoms with Gasteiger partial charge in [0, 0.05) is 6.54 Å². The lowest BCUT2D eigenvalue weighted by Crippen LogP contribution is -2.42. The summed E-state index contributed by atoms with van der Waals surface area (Å²) in [6.07, 6.45) is 8.58. The normalized spacial score (nSPS) is 30.7. The summed E-state index contributed by atoms with van der Waals surface area (Å²) in [5.41, 5.74) is 0. The lowest BCUT2D eigenvalue weighted by atomic mass is 9.89. The van der Waals surface area contributed by atoms with Crippen LogP contribution in [0.1, 0.15) is 20.3 Å². The molecular weight excluding hydrogens is 296 g/mol. The van der Waals surface area contributed by atoms with Gasteiger partial charge in [-0.3, -0.25) is 19.3 Å². The molecule has 1 aliphatic heterocycles. The molecule has 0 radical (unpaired) electrons. The van der Waals surface area contributed by atoms with Crippen LogP contribution in [0.2, 0.25) is 0 Å². The predicted molar refractivity (Wildman–Crippen MR) is 85.0 cm³/mol. The van der Waals surface area contributed by atoms with E-state index in [9.17, 15) is 14.4 Å². The molecule has 1 saturated heterocycles. The fourth-order valence-corrected chi connectivity index (χ4v) is 3.72. The summed E-state index contributed by atoms with van der Waals surface area (Å²) < 4.78 is 0. The average Bonchev–Trinajstić information content (AvgIpc) is 2.98. The van der Waals surface area contributed by atoms with Crippen LogP contribution in [0.5, 0.6) is 0 Å². The third-order valence-electron chi connectivity index (χ3n) is 4.57. The molecule has 2 fully saturated rings. The molecule has 2 N–H and O–H groups in total. The zero-order valence-electron chi connectivity index (χ0n) is 13.6. The van der Waals surface area contributed by atoms with Crippen molar-refractivity contribution in [2.75, 3.05) is 19.7 Å². The van der Waals surface area contributed by atoms with E-state index in [1.165, 1.54) is 0 Å². The Labute approximate surface area is 136 Å². The number of nitrogens with one attached hydrogen (secondary N) is 1. The van der Waals surface area contributed by atoms with Crippen LogP contribution >= 0.6 is 0 Å². The first-order valence-corrected chi connectivity index (χ1v) is 8.03. The maximum absolute atomic E-state index is 12.7. The van der Waals surface area contributed by atoms with Gasteiger partial charge in [-0.15, -0.1) is 0 Å². The van der Waals surface area contributed by atoms with Gasteiger partial charge in [-0.05, 0) is 32.1 Å². The van der Waals surface area contributed by atoms with E-state index >= 15 is 0 Å². The number of carbonyl (C=O) groups excluding carboxylic acids is 3. The molecule has 0 aromatic rings. The fourth-order valence-electron chi connectivity index (χ4n) is 3.72. The van der Waals surface area contributed by atoms with Gasteiger partial charge in [-0.25, -0.2) is 0 Å². The Balaban J connectivity index is 2.19. The standard InChI is InChI=1S/C17H24N2O4/c1-3-5-11-9-12(6-4-2)15-14(11)16(22)19(17(15)23)10-13(21)18-7-8-20/h3-6,11-12,14-15,20H,7-10H2,1-2H3,(H,18,21). The number of nitrogens with zero attached hydrogens (tertiary/aromatic N) is 1. The summed E-state index contributed by atoms with van der Waals surface area (Å²) in [7, 11) is 0. The zero-order valence-corrected chi connectivity index (χ0v) is 13.6. The van der Waals surface area contributed by atoms with Gasteiger partial charge in [0.2, 0.25) is 17.7 Å². The van der Waals surface area contributed by atoms with Crippen LogP contribution < -0.4 is 5.32 Å². The topological polar surface area (TPSA) is 86.7 Å². The van der Waals surface area contributed by atoms with Crippen LogP contribution in [0.3, 0.4) is 0 Å². The largest absolute Gasteiger partial charge is 0.395 e. The number of amides is 3. The molecule has 1 aliphatic carbocycles. The van der Waals surface area contributed by atoms with E-state index in [1.54, 1.807) is 0 Å². The van der Waals surface area contributed by atoms with Crippen molar-refractivity contribution in [1.29, 1.82) is 0 Å². The van der Waals surface area contributed by atoms with Gasteiger partial charge in [0.25, 0.3) is 0 Å². The van der Waals surface area contributed by atoms with Gasteiger partial charge >= 0.3 is 0 Å². The molecule has 23 heavy (non-hydrogen) atoms. The molecule has 4 atom stereocenters. The summed E-state index contributed by atoms with van der Waals surface area (Å²) in [6, 6.07) is 0. The highest BCUT2D eigenvalue weighted by molar-refractivity contribution is 6.08. The van der Waals surface area contributed by atoms with Crippen molar-refractivity contribution in [2.45, 2.75) is 20.3 Å². The molecule has 1 heterocycles. The van der Waals surface area contributed by atoms with E-state index in [0.29, 0.717) is 0 Å². The van der Waals surface area contributed by atoms with E-state index in [0.717, 1.165) is 11.3 Å². The van der Waals surface area contributed by atoms with Crippen molar-refractivity contribution in [3.8, 4) is 0 Å². The Kier molecular flexibility index (Phi) is 5.71. The molecule has 6 heteroatoms. The molecule has 0 bridgehead atoms. The van der Waals surface area contributed by atoms with Crippen molar-refractivity contribution in [3.05, 3.63) is 24.3 Å². The van der Waals surface area contributed by atoms with Crippen molar-refractivity contribution in [3.63, 3.8) is 0 Å². The summed E-state index contributed by atoms with van der Waals surface area (Å²) in [6.45, 7) is 3.48. The number of allylic oxidation sites excluding steroid dienone is 4. The molecule has 3 amide bonds. The van der Waals surface area contributed by atoms with E-state index in [2.05, 4.69) is 5.32 Å². The average molecular weight is 320 g/mol. The third-order valence-corrected chi connectivity index (χ3v) is 4.57. The second-order valence-corrected chi connectivity index (χ2v) is 6.00. The Morgan fingerprint density at radius 1 is 1.17 bits per heavy atom. The van der Waals surface area contributed by atoms with Gasteiger partial charge in [-0.1, -0.05) is 24.3 Å². The second kappa shape index (κ2) is 7.55. The van der Waals surface area contributed by atoms with Gasteiger partial charge < -0.3 is 10.4 Å². The van der Waals surface area contributed by atoms with Crippen molar-refractivity contribution >= 4 is 17.7 Å². The molecule has 1 saturated carbocycles. The molecule has 6 nitrogen and oxygen atoms in total. The van der Waals surface area contributed by atoms with Crippen LogP contribution in [-0.2, 0) is 14.4 Å². The van der Waals surface area contributed by atoms with Crippen molar-refractivity contribution in [2.24, 2.45) is 23.7 Å². The number of aliphatic hydroxyl groups excluding tert-OH is 1. The minimum absolute atomic E-state index is 0.0353. The van der Waals surface area contributed by atoms with Crippen molar-refractivity contribution < 1.29 is 19.5 Å². The minimum atomic E-state index is -0.425. The van der Waals surface area contributed by atoms with Gasteiger partial charge in [-0.2, -0.15) is 0 Å². The van der Waals surface area contributed by atoms with Gasteiger partial charge in [0.1, 0.15) is 6.54 Å². The summed E-state index contributed by atoms with van der Waals surface area (Å²) in [5, 5.41) is 11.2. The summed E-state index contributed by atoms with van der Waals surface area (Å²) in [4.78, 5) is 38.2. The Morgan fingerprint density at radius 2 is 1.70 bits per heavy atom. The highest BCUT2D eigenvalue weighted by atomic mass is 16.3. The number of aliphatic hydroxyl groups is 1. The quantitative estimate of drug-likeness (QED) is 0.551. The molecule has 2 aliphatic rings. The predicted octanol–water partition coefficient (Wildman–Crippen LogP) is 0.484. The first-order valence-electron chi connectivity index (χ1n) is 8.03. The lowest BCUT2D eigenvalue weighted by molar-refractivity contribution is -0.144. The first-order chi connectivity index (χ1) is 11.0. The summed E-state index contributed by atoms with van der Waals surface area (Å²) >= 11 is 0. The number of imide groups is 1. The molecule has 4 unspecified atom stereocenters. The zero-order chi connectivity index (χ0) is 17.0. The molecule has 2 rings (SSSR count). The number of likely N-dealkylation sites (tertiary alicyclic amines) is 1. The minimum Gasteiger partial charge on any atom is -0.395 e. The maximum atomic E-state index is 12.7. The highest BCUT2D eigenvalue weighted by Crippen LogP contribution is 2.48. The number of hydrogen-bond acceptors (Lipinski definition) is 4. The van der Waals surface area contributed by atoms with Crippen LogP contribution in [0, 0.1) is 23.7 Å². The smallest absolute Gasteiger partial charge is 0.240 e. The molecule has 0 aromatic carbocycles. The van der Waals surface area contributed by atoms with Crippen LogP contribution in [-0.4, -0.2) is 47.4 Å². The number of hydrogen-bond donors (Lipinski definition) is 2. The number of rotatable bonds is 6. The highest BCUT2D eigenvalue weighted by Gasteiger charge is 2.57. The molecular formula is C17H24N2O4. The maximum Gasteiger partial charge on any atom is 0.240 e. The van der Waals surface area contributed by atoms with Gasteiger partial charge in [0.15, 0.2) is 0 Å². The monoisotopic (exact) mass is 320 g/mol. The fraction of sp³-hybridized carbons (Fsp3) is 0.588. The Hall–Kier alpha value is -1.95. The Bertz CT molecular complexity index is 505. The SMILES string of the molecule is CC=CC1CC(C=CC)C2C(=O)N(CC(=O)NCCO)C(=O)C12. The molecule has 0 aromatic heterocycles.